The molecule has 2 aromatic rings. The molecule has 1 atom stereocenters. The maximum atomic E-state index is 11.3. The summed E-state index contributed by atoms with van der Waals surface area (Å²) in [4.78, 5) is 20.2. The van der Waals surface area contributed by atoms with Crippen LogP contribution in [0.15, 0.2) is 47.7 Å². The molecule has 3 rings (SSSR count). The van der Waals surface area contributed by atoms with Crippen LogP contribution in [0.3, 0.4) is 0 Å². The Balaban J connectivity index is 1.56. The highest BCUT2D eigenvalue weighted by Gasteiger charge is 2.23. The van der Waals surface area contributed by atoms with Crippen LogP contribution in [-0.4, -0.2) is 34.1 Å². The topological polar surface area (TPSA) is 58.2 Å². The van der Waals surface area contributed by atoms with Gasteiger partial charge < -0.3 is 9.72 Å². The van der Waals surface area contributed by atoms with Crippen LogP contribution in [0.25, 0.3) is 0 Å². The molecular weight excluding hydrogens is 254 g/mol. The van der Waals surface area contributed by atoms with Gasteiger partial charge in [-0.25, -0.2) is 0 Å². The third-order valence-corrected chi connectivity index (χ3v) is 3.43. The molecule has 0 saturated carbocycles. The van der Waals surface area contributed by atoms with Gasteiger partial charge in [-0.05, 0) is 30.2 Å². The summed E-state index contributed by atoms with van der Waals surface area (Å²) in [5, 5.41) is 0. The van der Waals surface area contributed by atoms with Crippen molar-refractivity contribution in [3.05, 3.63) is 58.8 Å². The summed E-state index contributed by atoms with van der Waals surface area (Å²) in [5.41, 5.74) is 0.990. The Labute approximate surface area is 117 Å². The van der Waals surface area contributed by atoms with E-state index in [-0.39, 0.29) is 11.7 Å². The summed E-state index contributed by atoms with van der Waals surface area (Å²) >= 11 is 0. The van der Waals surface area contributed by atoms with Crippen molar-refractivity contribution >= 4 is 0 Å². The smallest absolute Gasteiger partial charge is 0.248 e. The van der Waals surface area contributed by atoms with E-state index < -0.39 is 0 Å². The van der Waals surface area contributed by atoms with Crippen LogP contribution in [0, 0.1) is 0 Å². The molecule has 2 aromatic heterocycles. The minimum Gasteiger partial charge on any atom is -0.489 e. The zero-order valence-electron chi connectivity index (χ0n) is 11.2. The third-order valence-electron chi connectivity index (χ3n) is 3.43. The molecule has 0 bridgehead atoms. The van der Waals surface area contributed by atoms with E-state index in [4.69, 9.17) is 4.74 Å². The predicted molar refractivity (Wildman–Crippen MR) is 75.6 cm³/mol. The van der Waals surface area contributed by atoms with E-state index in [1.54, 1.807) is 24.7 Å². The van der Waals surface area contributed by atoms with E-state index in [2.05, 4.69) is 14.9 Å². The first-order valence-corrected chi connectivity index (χ1v) is 6.76. The first-order chi connectivity index (χ1) is 9.79. The van der Waals surface area contributed by atoms with Gasteiger partial charge in [0.1, 0.15) is 11.9 Å². The van der Waals surface area contributed by atoms with Crippen molar-refractivity contribution in [1.82, 2.24) is 14.9 Å². The monoisotopic (exact) mass is 271 g/mol. The van der Waals surface area contributed by atoms with Gasteiger partial charge in [0.25, 0.3) is 0 Å². The number of pyridine rings is 2. The lowest BCUT2D eigenvalue weighted by molar-refractivity contribution is 0.198. The van der Waals surface area contributed by atoms with Crippen molar-refractivity contribution in [2.45, 2.75) is 19.1 Å². The Kier molecular flexibility index (Phi) is 3.78. The molecule has 1 saturated heterocycles. The number of nitrogens with one attached hydrogen (secondary N) is 1. The van der Waals surface area contributed by atoms with E-state index in [0.717, 1.165) is 37.4 Å². The van der Waals surface area contributed by atoms with Gasteiger partial charge in [-0.2, -0.15) is 0 Å². The Hall–Kier alpha value is -2.14. The molecule has 1 N–H and O–H groups in total. The van der Waals surface area contributed by atoms with Gasteiger partial charge in [-0.3, -0.25) is 14.7 Å². The molecule has 3 heterocycles. The van der Waals surface area contributed by atoms with Gasteiger partial charge in [-0.1, -0.05) is 0 Å². The second-order valence-electron chi connectivity index (χ2n) is 5.01. The number of rotatable bonds is 4. The molecule has 0 spiro atoms. The number of ether oxygens (including phenoxy) is 1. The SMILES string of the molecule is O=c1cc(CN2CC[C@@H](Oc3ccncc3)C2)cc[nH]1. The molecule has 0 aromatic carbocycles. The molecule has 5 heteroatoms. The van der Waals surface area contributed by atoms with Gasteiger partial charge in [0.2, 0.25) is 5.56 Å². The van der Waals surface area contributed by atoms with Crippen molar-refractivity contribution in [1.29, 1.82) is 0 Å². The maximum absolute atomic E-state index is 11.3. The van der Waals surface area contributed by atoms with E-state index >= 15 is 0 Å². The Bertz CT molecular complexity index is 612. The molecule has 0 aliphatic carbocycles. The second kappa shape index (κ2) is 5.88. The fourth-order valence-electron chi connectivity index (χ4n) is 2.49. The zero-order valence-corrected chi connectivity index (χ0v) is 11.2. The van der Waals surface area contributed by atoms with Crippen LogP contribution in [0.1, 0.15) is 12.0 Å². The van der Waals surface area contributed by atoms with Gasteiger partial charge in [0.15, 0.2) is 0 Å². The third kappa shape index (κ3) is 3.24. The molecule has 104 valence electrons. The van der Waals surface area contributed by atoms with Gasteiger partial charge in [-0.15, -0.1) is 0 Å². The van der Waals surface area contributed by atoms with Crippen LogP contribution >= 0.6 is 0 Å². The minimum atomic E-state index is -0.0497. The van der Waals surface area contributed by atoms with Crippen molar-refractivity contribution < 1.29 is 4.74 Å². The van der Waals surface area contributed by atoms with Crippen LogP contribution in [0.5, 0.6) is 5.75 Å². The number of H-pyrrole nitrogens is 1. The molecule has 0 amide bonds. The Morgan fingerprint density at radius 1 is 1.35 bits per heavy atom. The van der Waals surface area contributed by atoms with E-state index in [0.29, 0.717) is 0 Å². The van der Waals surface area contributed by atoms with Crippen LogP contribution in [-0.2, 0) is 6.54 Å². The highest BCUT2D eigenvalue weighted by atomic mass is 16.5. The van der Waals surface area contributed by atoms with E-state index in [1.165, 1.54) is 0 Å². The molecule has 1 aliphatic rings. The Morgan fingerprint density at radius 2 is 2.20 bits per heavy atom. The summed E-state index contributed by atoms with van der Waals surface area (Å²) in [6.45, 7) is 2.66. The van der Waals surface area contributed by atoms with E-state index in [9.17, 15) is 4.79 Å². The first kappa shape index (κ1) is 12.9. The summed E-state index contributed by atoms with van der Waals surface area (Å²) in [6.07, 6.45) is 6.38. The van der Waals surface area contributed by atoms with Crippen molar-refractivity contribution in [3.8, 4) is 5.75 Å². The van der Waals surface area contributed by atoms with Gasteiger partial charge >= 0.3 is 0 Å². The van der Waals surface area contributed by atoms with Gasteiger partial charge in [0.05, 0.1) is 0 Å². The average molecular weight is 271 g/mol. The molecule has 0 radical (unpaired) electrons. The minimum absolute atomic E-state index is 0.0497. The number of nitrogens with zero attached hydrogens (tertiary/aromatic N) is 2. The van der Waals surface area contributed by atoms with Crippen LogP contribution < -0.4 is 10.3 Å². The number of aromatic nitrogens is 2. The quantitative estimate of drug-likeness (QED) is 0.913. The summed E-state index contributed by atoms with van der Waals surface area (Å²) in [5.74, 6) is 0.864. The highest BCUT2D eigenvalue weighted by Crippen LogP contribution is 2.18. The number of aromatic amines is 1. The lowest BCUT2D eigenvalue weighted by Crippen LogP contribution is -2.25. The molecule has 1 fully saturated rings. The Morgan fingerprint density at radius 3 is 3.00 bits per heavy atom. The fraction of sp³-hybridized carbons (Fsp3) is 0.333. The fourth-order valence-corrected chi connectivity index (χ4v) is 2.49. The zero-order chi connectivity index (χ0) is 13.8. The van der Waals surface area contributed by atoms with Gasteiger partial charge in [0, 0.05) is 44.3 Å². The predicted octanol–water partition coefficient (Wildman–Crippen LogP) is 1.42. The number of likely N-dealkylation sites (tertiary alicyclic amines) is 1. The summed E-state index contributed by atoms with van der Waals surface area (Å²) in [7, 11) is 0. The van der Waals surface area contributed by atoms with Crippen LogP contribution in [0.4, 0.5) is 0 Å². The van der Waals surface area contributed by atoms with E-state index in [1.807, 2.05) is 18.2 Å². The van der Waals surface area contributed by atoms with Crippen molar-refractivity contribution in [3.63, 3.8) is 0 Å². The highest BCUT2D eigenvalue weighted by molar-refractivity contribution is 5.17. The lowest BCUT2D eigenvalue weighted by Gasteiger charge is -2.16. The largest absolute Gasteiger partial charge is 0.489 e. The van der Waals surface area contributed by atoms with Crippen molar-refractivity contribution in [2.75, 3.05) is 13.1 Å². The lowest BCUT2D eigenvalue weighted by atomic mass is 10.2. The molecule has 5 nitrogen and oxygen atoms in total. The maximum Gasteiger partial charge on any atom is 0.248 e. The second-order valence-corrected chi connectivity index (χ2v) is 5.01. The average Bonchev–Trinajstić information content (AvgIpc) is 2.87. The number of hydrogen-bond donors (Lipinski definition) is 1. The standard InChI is InChI=1S/C15H17N3O2/c19-15-9-12(1-7-17-15)10-18-8-4-14(11-18)20-13-2-5-16-6-3-13/h1-3,5-7,9,14H,4,8,10-11H2,(H,17,19)/t14-/m1/s1. The number of hydrogen-bond acceptors (Lipinski definition) is 4. The van der Waals surface area contributed by atoms with Crippen LogP contribution in [0.2, 0.25) is 0 Å². The molecule has 20 heavy (non-hydrogen) atoms. The molecular formula is C15H17N3O2. The molecule has 1 aliphatic heterocycles. The normalized spacial score (nSPS) is 19.1. The summed E-state index contributed by atoms with van der Waals surface area (Å²) in [6, 6.07) is 7.34. The first-order valence-electron chi connectivity index (χ1n) is 6.76. The summed E-state index contributed by atoms with van der Waals surface area (Å²) < 4.78 is 5.92. The molecule has 0 unspecified atom stereocenters. The van der Waals surface area contributed by atoms with Crippen molar-refractivity contribution in [2.24, 2.45) is 0 Å².